The molecule has 6 heteroatoms. The molecule has 3 rings (SSSR count). The molecule has 1 aromatic carbocycles. The number of hydrogen-bond acceptors (Lipinski definition) is 5. The van der Waals surface area contributed by atoms with E-state index in [1.807, 2.05) is 24.3 Å². The van der Waals surface area contributed by atoms with E-state index in [0.717, 1.165) is 30.4 Å². The van der Waals surface area contributed by atoms with Gasteiger partial charge in [0, 0.05) is 32.0 Å². The van der Waals surface area contributed by atoms with E-state index in [4.69, 9.17) is 4.74 Å². The summed E-state index contributed by atoms with van der Waals surface area (Å²) in [5.74, 6) is 1.41. The van der Waals surface area contributed by atoms with Crippen molar-refractivity contribution in [3.63, 3.8) is 0 Å². The molecule has 138 valence electrons. The first-order chi connectivity index (χ1) is 12.8. The van der Waals surface area contributed by atoms with E-state index >= 15 is 0 Å². The smallest absolute Gasteiger partial charge is 0.254 e. The van der Waals surface area contributed by atoms with Crippen LogP contribution in [0.3, 0.4) is 0 Å². The highest BCUT2D eigenvalue weighted by Crippen LogP contribution is 2.17. The number of rotatable bonds is 6. The molecule has 0 saturated carbocycles. The summed E-state index contributed by atoms with van der Waals surface area (Å²) in [5, 5.41) is 2.92. The van der Waals surface area contributed by atoms with Crippen LogP contribution < -0.4 is 15.0 Å². The van der Waals surface area contributed by atoms with E-state index in [1.165, 1.54) is 25.7 Å². The van der Waals surface area contributed by atoms with Crippen LogP contribution in [0.4, 0.5) is 5.95 Å². The molecule has 0 radical (unpaired) electrons. The molecule has 0 atom stereocenters. The Hall–Kier alpha value is -2.63. The van der Waals surface area contributed by atoms with E-state index in [2.05, 4.69) is 20.2 Å². The normalized spacial score (nSPS) is 14.6. The average molecular weight is 354 g/mol. The number of nitrogens with one attached hydrogen (secondary N) is 1. The molecule has 1 aliphatic rings. The highest BCUT2D eigenvalue weighted by atomic mass is 16.5. The lowest BCUT2D eigenvalue weighted by atomic mass is 10.1. The molecule has 0 aliphatic carbocycles. The van der Waals surface area contributed by atoms with Crippen LogP contribution in [0, 0.1) is 0 Å². The van der Waals surface area contributed by atoms with E-state index in [0.29, 0.717) is 18.5 Å². The molecular weight excluding hydrogens is 328 g/mol. The van der Waals surface area contributed by atoms with Crippen LogP contribution in [0.1, 0.15) is 41.6 Å². The van der Waals surface area contributed by atoms with Crippen LogP contribution in [0.5, 0.6) is 5.75 Å². The first-order valence-electron chi connectivity index (χ1n) is 9.25. The van der Waals surface area contributed by atoms with Crippen molar-refractivity contribution in [2.45, 2.75) is 32.1 Å². The molecule has 1 fully saturated rings. The standard InChI is InChI=1S/C20H26N4O2/c1-26-18-9-5-4-8-16(18)10-11-21-19(25)17-14-22-20(23-15-17)24-12-6-2-3-7-13-24/h4-5,8-9,14-15H,2-3,6-7,10-13H2,1H3,(H,21,25). The maximum absolute atomic E-state index is 12.3. The average Bonchev–Trinajstić information content (AvgIpc) is 2.98. The number of para-hydroxylation sites is 1. The van der Waals surface area contributed by atoms with Gasteiger partial charge in [0.1, 0.15) is 5.75 Å². The summed E-state index contributed by atoms with van der Waals surface area (Å²) >= 11 is 0. The largest absolute Gasteiger partial charge is 0.496 e. The maximum atomic E-state index is 12.3. The van der Waals surface area contributed by atoms with Gasteiger partial charge in [-0.1, -0.05) is 31.0 Å². The number of carbonyl (C=O) groups excluding carboxylic acids is 1. The lowest BCUT2D eigenvalue weighted by molar-refractivity contribution is 0.0953. The van der Waals surface area contributed by atoms with E-state index in [9.17, 15) is 4.79 Å². The summed E-state index contributed by atoms with van der Waals surface area (Å²) in [6.07, 6.45) is 8.83. The number of amides is 1. The van der Waals surface area contributed by atoms with Gasteiger partial charge in [-0.05, 0) is 30.9 Å². The third-order valence-corrected chi connectivity index (χ3v) is 4.66. The number of carbonyl (C=O) groups is 1. The fourth-order valence-electron chi connectivity index (χ4n) is 3.19. The Balaban J connectivity index is 1.53. The van der Waals surface area contributed by atoms with Crippen LogP contribution in [0.2, 0.25) is 0 Å². The Morgan fingerprint density at radius 3 is 2.50 bits per heavy atom. The fourth-order valence-corrected chi connectivity index (χ4v) is 3.19. The van der Waals surface area contributed by atoms with E-state index in [-0.39, 0.29) is 5.91 Å². The summed E-state index contributed by atoms with van der Waals surface area (Å²) in [7, 11) is 1.65. The lowest BCUT2D eigenvalue weighted by Crippen LogP contribution is -2.28. The third-order valence-electron chi connectivity index (χ3n) is 4.66. The highest BCUT2D eigenvalue weighted by molar-refractivity contribution is 5.93. The van der Waals surface area contributed by atoms with Gasteiger partial charge in [-0.3, -0.25) is 4.79 Å². The number of benzene rings is 1. The number of hydrogen-bond donors (Lipinski definition) is 1. The zero-order valence-electron chi connectivity index (χ0n) is 15.3. The molecule has 0 bridgehead atoms. The Labute approximate surface area is 154 Å². The van der Waals surface area contributed by atoms with Gasteiger partial charge in [0.25, 0.3) is 5.91 Å². The predicted molar refractivity (Wildman–Crippen MR) is 102 cm³/mol. The Morgan fingerprint density at radius 1 is 1.12 bits per heavy atom. The summed E-state index contributed by atoms with van der Waals surface area (Å²) in [6.45, 7) is 2.52. The molecule has 0 unspecified atom stereocenters. The molecule has 1 aliphatic heterocycles. The number of aromatic nitrogens is 2. The van der Waals surface area contributed by atoms with Crippen LogP contribution in [0.25, 0.3) is 0 Å². The topological polar surface area (TPSA) is 67.3 Å². The van der Waals surface area contributed by atoms with Crippen LogP contribution in [-0.2, 0) is 6.42 Å². The summed E-state index contributed by atoms with van der Waals surface area (Å²) < 4.78 is 5.33. The fraction of sp³-hybridized carbons (Fsp3) is 0.450. The minimum atomic E-state index is -0.151. The minimum absolute atomic E-state index is 0.151. The van der Waals surface area contributed by atoms with E-state index in [1.54, 1.807) is 19.5 Å². The van der Waals surface area contributed by atoms with E-state index < -0.39 is 0 Å². The SMILES string of the molecule is COc1ccccc1CCNC(=O)c1cnc(N2CCCCCC2)nc1. The summed E-state index contributed by atoms with van der Waals surface area (Å²) in [5.41, 5.74) is 1.56. The second-order valence-electron chi connectivity index (χ2n) is 6.49. The van der Waals surface area contributed by atoms with Gasteiger partial charge in [-0.25, -0.2) is 9.97 Å². The maximum Gasteiger partial charge on any atom is 0.254 e. The number of ether oxygens (including phenoxy) is 1. The van der Waals surface area contributed by atoms with Gasteiger partial charge < -0.3 is 15.0 Å². The van der Waals surface area contributed by atoms with Gasteiger partial charge >= 0.3 is 0 Å². The van der Waals surface area contributed by atoms with Crippen molar-refractivity contribution in [3.05, 3.63) is 47.8 Å². The monoisotopic (exact) mass is 354 g/mol. The van der Waals surface area contributed by atoms with Crippen molar-refractivity contribution in [2.75, 3.05) is 31.6 Å². The molecule has 2 aromatic rings. The molecular formula is C20H26N4O2. The zero-order valence-corrected chi connectivity index (χ0v) is 15.3. The lowest BCUT2D eigenvalue weighted by Gasteiger charge is -2.19. The van der Waals surface area contributed by atoms with Crippen molar-refractivity contribution in [3.8, 4) is 5.75 Å². The Kier molecular flexibility index (Phi) is 6.41. The first-order valence-corrected chi connectivity index (χ1v) is 9.25. The van der Waals surface area contributed by atoms with Gasteiger partial charge in [0.05, 0.1) is 12.7 Å². The van der Waals surface area contributed by atoms with Crippen LogP contribution in [0.15, 0.2) is 36.7 Å². The molecule has 6 nitrogen and oxygen atoms in total. The van der Waals surface area contributed by atoms with Gasteiger partial charge in [0.15, 0.2) is 0 Å². The number of methoxy groups -OCH3 is 1. The van der Waals surface area contributed by atoms with Crippen LogP contribution in [-0.4, -0.2) is 42.6 Å². The van der Waals surface area contributed by atoms with Crippen molar-refractivity contribution >= 4 is 11.9 Å². The second kappa shape index (κ2) is 9.17. The molecule has 26 heavy (non-hydrogen) atoms. The second-order valence-corrected chi connectivity index (χ2v) is 6.49. The molecule has 0 spiro atoms. The van der Waals surface area contributed by atoms with Gasteiger partial charge in [-0.2, -0.15) is 0 Å². The highest BCUT2D eigenvalue weighted by Gasteiger charge is 2.13. The van der Waals surface area contributed by atoms with Crippen LogP contribution >= 0.6 is 0 Å². The molecule has 2 heterocycles. The van der Waals surface area contributed by atoms with Crippen molar-refractivity contribution in [1.82, 2.24) is 15.3 Å². The van der Waals surface area contributed by atoms with Crippen molar-refractivity contribution < 1.29 is 9.53 Å². The summed E-state index contributed by atoms with van der Waals surface area (Å²) in [6, 6.07) is 7.83. The quantitative estimate of drug-likeness (QED) is 0.864. The van der Waals surface area contributed by atoms with Crippen molar-refractivity contribution in [1.29, 1.82) is 0 Å². The number of nitrogens with zero attached hydrogens (tertiary/aromatic N) is 3. The zero-order chi connectivity index (χ0) is 18.2. The molecule has 1 saturated heterocycles. The Morgan fingerprint density at radius 2 is 1.81 bits per heavy atom. The van der Waals surface area contributed by atoms with Crippen molar-refractivity contribution in [2.24, 2.45) is 0 Å². The predicted octanol–water partition coefficient (Wildman–Crippen LogP) is 2.84. The molecule has 1 aromatic heterocycles. The van der Waals surface area contributed by atoms with Gasteiger partial charge in [-0.15, -0.1) is 0 Å². The first kappa shape index (κ1) is 18.2. The number of anilines is 1. The Bertz CT molecular complexity index is 710. The molecule has 1 N–H and O–H groups in total. The van der Waals surface area contributed by atoms with Gasteiger partial charge in [0.2, 0.25) is 5.95 Å². The third kappa shape index (κ3) is 4.71. The minimum Gasteiger partial charge on any atom is -0.496 e. The summed E-state index contributed by atoms with van der Waals surface area (Å²) in [4.78, 5) is 23.3. The molecule has 1 amide bonds.